The molecule has 0 aliphatic carbocycles. The number of nitrogens with two attached hydrogens (primary N) is 8. The van der Waals surface area contributed by atoms with Gasteiger partial charge in [0.1, 0.15) is 102 Å². The second-order valence-corrected chi connectivity index (χ2v) is 35.1. The van der Waals surface area contributed by atoms with E-state index in [1.54, 1.807) is 27.7 Å². The quantitative estimate of drug-likeness (QED) is 0.0127. The van der Waals surface area contributed by atoms with Crippen molar-refractivity contribution in [2.45, 2.75) is 258 Å². The molecule has 756 valence electrons. The number of aliphatic hydroxyl groups excluding tert-OH is 3. The second-order valence-electron chi connectivity index (χ2n) is 33.6. The third kappa shape index (κ3) is 40.6. The van der Waals surface area contributed by atoms with E-state index in [9.17, 15) is 112 Å². The number of carbonyl (C=O) groups is 17. The molecule has 50 nitrogen and oxygen atoms in total. The molecule has 0 spiro atoms. The SMILES string of the molecule is CC[C@H](C)[C@H](NC(=O)[C@@H]1C[C@@H](O)CN1C(=O)[C@@H](N)C(C)C)C(=O)N[C@H](C(=O)N[C@@H](Cc1ccc(O)cc1)C(=O)N[C@@H](CO)C(=O)N[C@@H](CC(N)=O)C(=O)N[C@@H](CCCNC(=N)N)C(=O)N[C@@H](CCN)C(=O)N[C@H](C(=O)N[C@H](CCCNC(=N)N)C(=O)N[C@@H](CCCCN)C(=O)N[C@@H](CCN)C(=O)N[C@@H](CCN)C(=O)N[C@@H](CS)C(=O)N[C@@H](Cc1ccc(O)cc1)C(=O)O)[C@@H](C)O)C(C)(C)S. The number of benzene rings is 2. The highest BCUT2D eigenvalue weighted by atomic mass is 32.1. The van der Waals surface area contributed by atoms with Gasteiger partial charge in [-0.15, -0.1) is 0 Å². The first-order chi connectivity index (χ1) is 63.5. The summed E-state index contributed by atoms with van der Waals surface area (Å²) in [4.78, 5) is 240. The van der Waals surface area contributed by atoms with E-state index in [1.165, 1.54) is 62.4 Å². The normalized spacial score (nSPS) is 16.8. The van der Waals surface area contributed by atoms with E-state index in [4.69, 9.17) is 56.7 Å². The Kier molecular flexibility index (Phi) is 51.1. The predicted molar refractivity (Wildman–Crippen MR) is 498 cm³/mol. The van der Waals surface area contributed by atoms with Crippen molar-refractivity contribution in [1.29, 1.82) is 10.8 Å². The fourth-order valence-electron chi connectivity index (χ4n) is 13.8. The zero-order valence-electron chi connectivity index (χ0n) is 76.7. The number of likely N-dealkylation sites (tertiary alicyclic amines) is 1. The maximum Gasteiger partial charge on any atom is 0.326 e. The molecule has 1 aliphatic heterocycles. The van der Waals surface area contributed by atoms with Crippen molar-refractivity contribution in [3.05, 3.63) is 59.7 Å². The average molecular weight is 1950 g/mol. The number of phenols is 2. The van der Waals surface area contributed by atoms with Gasteiger partial charge in [-0.25, -0.2) is 4.79 Å². The number of phenolic OH excluding ortho intramolecular Hbond substituents is 2. The smallest absolute Gasteiger partial charge is 0.326 e. The lowest BCUT2D eigenvalue weighted by atomic mass is 9.95. The van der Waals surface area contributed by atoms with Crippen LogP contribution in [0.15, 0.2) is 48.5 Å². The highest BCUT2D eigenvalue weighted by Gasteiger charge is 2.46. The summed E-state index contributed by atoms with van der Waals surface area (Å²) >= 11 is 8.79. The lowest BCUT2D eigenvalue weighted by Gasteiger charge is -2.34. The third-order valence-corrected chi connectivity index (χ3v) is 22.4. The number of carboxylic acids is 1. The first kappa shape index (κ1) is 117. The van der Waals surface area contributed by atoms with Crippen molar-refractivity contribution in [2.24, 2.45) is 57.7 Å². The number of primary amides is 1. The summed E-state index contributed by atoms with van der Waals surface area (Å²) in [6.07, 6.45) is -6.03. The van der Waals surface area contributed by atoms with Crippen LogP contribution in [-0.4, -0.2) is 320 Å². The summed E-state index contributed by atoms with van der Waals surface area (Å²) in [6.45, 7) is 8.30. The Morgan fingerprint density at radius 2 is 0.837 bits per heavy atom. The Bertz CT molecular complexity index is 4330. The molecule has 2 aromatic rings. The maximum absolute atomic E-state index is 14.7. The fraction of sp³-hybridized carbons (Fsp3) is 0.627. The number of carboxylic acid groups (broad SMARTS) is 1. The zero-order chi connectivity index (χ0) is 102. The Balaban J connectivity index is 1.95. The zero-order valence-corrected chi connectivity index (χ0v) is 78.5. The van der Waals surface area contributed by atoms with Crippen LogP contribution in [0.5, 0.6) is 11.5 Å². The molecule has 0 radical (unpaired) electrons. The van der Waals surface area contributed by atoms with Crippen LogP contribution in [0.25, 0.3) is 0 Å². The number of aromatic hydroxyl groups is 2. The molecule has 40 N–H and O–H groups in total. The van der Waals surface area contributed by atoms with E-state index in [0.29, 0.717) is 12.0 Å². The summed E-state index contributed by atoms with van der Waals surface area (Å²) in [5.41, 5.74) is 47.0. The van der Waals surface area contributed by atoms with Gasteiger partial charge in [0, 0.05) is 49.4 Å². The number of carbonyl (C=O) groups excluding carboxylic acids is 16. The highest BCUT2D eigenvalue weighted by Crippen LogP contribution is 2.25. The molecule has 135 heavy (non-hydrogen) atoms. The minimum atomic E-state index is -2.06. The number of hydrogen-bond donors (Lipinski definition) is 34. The standard InChI is InChI=1S/C83H139N27O23S2/c1-8-41(4)62(107-75(127)59-35-47(115)37-110(59)79(131)61(89)40(2)3)76(128)109-64(83(6,7)135)78(130)103-54(33-43-16-20-45(113)21-17-43)71(123)105-57(38-111)73(125)102-55(36-60(88)116)72(124)97-49(14-11-31-94-81(90)91)66(118)100-53(26-30-87)70(122)108-63(42(5)112)77(129)101-50(15-12-32-95-82(92)93)67(119)96-48(13-9-10-27-84)65(117)98-51(24-28-85)68(120)99-52(25-29-86)69(121)106-58(39-134)74(126)104-56(80(132)133)34-44-18-22-46(114)23-19-44/h16-23,40-42,47-59,61-64,111-115,134-135H,8-15,24-39,84-87,89H2,1-7H3,(H2,88,116)(H,96,119)(H,97,124)(H,98,117)(H,99,120)(H,100,118)(H,101,129)(H,102,125)(H,103,130)(H,104,126)(H,105,123)(H,106,121)(H,107,127)(H,108,122)(H,109,128)(H,132,133)(H4,90,91,94)(H4,92,93,95)/t41-,42+,47+,48-,49-,50+,51-,52-,53-,54-,55-,56-,57-,58-,59-,61-,62-,63-,64+/m0/s1. The van der Waals surface area contributed by atoms with Crippen LogP contribution in [0.2, 0.25) is 0 Å². The van der Waals surface area contributed by atoms with Crippen molar-refractivity contribution >= 4 is 138 Å². The number of nitrogens with one attached hydrogen (secondary N) is 18. The van der Waals surface area contributed by atoms with E-state index in [-0.39, 0.29) is 139 Å². The van der Waals surface area contributed by atoms with E-state index >= 15 is 0 Å². The molecular weight excluding hydrogens is 1810 g/mol. The molecule has 52 heteroatoms. The molecule has 19 atom stereocenters. The molecule has 0 saturated carbocycles. The van der Waals surface area contributed by atoms with Crippen LogP contribution in [0, 0.1) is 22.7 Å². The van der Waals surface area contributed by atoms with Crippen molar-refractivity contribution in [3.63, 3.8) is 0 Å². The molecule has 3 rings (SSSR count). The minimum absolute atomic E-state index is 0.0435. The predicted octanol–water partition coefficient (Wildman–Crippen LogP) is -10.7. The van der Waals surface area contributed by atoms with Gasteiger partial charge in [-0.3, -0.25) is 87.5 Å². The number of β-amino-alcohol motifs (C(OH)–C–C–N with tert-alkyl or cyclic N) is 1. The Labute approximate surface area is 792 Å². The summed E-state index contributed by atoms with van der Waals surface area (Å²) in [7, 11) is 0. The van der Waals surface area contributed by atoms with Crippen LogP contribution in [0.3, 0.4) is 0 Å². The number of thiol groups is 2. The highest BCUT2D eigenvalue weighted by molar-refractivity contribution is 7.81. The molecule has 1 heterocycles. The largest absolute Gasteiger partial charge is 0.508 e. The molecule has 0 unspecified atom stereocenters. The molecule has 2 aromatic carbocycles. The van der Waals surface area contributed by atoms with Gasteiger partial charge in [-0.1, -0.05) is 58.4 Å². The van der Waals surface area contributed by atoms with Gasteiger partial charge in [0.2, 0.25) is 94.5 Å². The number of amides is 16. The maximum atomic E-state index is 14.7. The van der Waals surface area contributed by atoms with Gasteiger partial charge in [-0.05, 0) is 158 Å². The van der Waals surface area contributed by atoms with Gasteiger partial charge >= 0.3 is 5.97 Å². The number of rotatable bonds is 61. The number of hydrogen-bond acceptors (Lipinski definition) is 31. The fourth-order valence-corrected chi connectivity index (χ4v) is 14.2. The van der Waals surface area contributed by atoms with Gasteiger partial charge in [0.25, 0.3) is 0 Å². The van der Waals surface area contributed by atoms with Crippen LogP contribution in [0.4, 0.5) is 0 Å². The van der Waals surface area contributed by atoms with Gasteiger partial charge in [0.15, 0.2) is 11.9 Å². The Hall–Kier alpha value is -12.0. The number of aliphatic hydroxyl groups is 3. The molecule has 0 bridgehead atoms. The Morgan fingerprint density at radius 3 is 1.23 bits per heavy atom. The van der Waals surface area contributed by atoms with Crippen molar-refractivity contribution in [3.8, 4) is 11.5 Å². The number of unbranched alkanes of at least 4 members (excludes halogenated alkanes) is 1. The van der Waals surface area contributed by atoms with Crippen LogP contribution in [0.1, 0.15) is 143 Å². The molecule has 1 aliphatic rings. The molecular formula is C83H139N27O23S2. The van der Waals surface area contributed by atoms with E-state index in [1.807, 2.05) is 0 Å². The number of guanidine groups is 2. The lowest BCUT2D eigenvalue weighted by molar-refractivity contribution is -0.142. The molecule has 16 amide bonds. The van der Waals surface area contributed by atoms with E-state index < -0.39 is 264 Å². The van der Waals surface area contributed by atoms with Crippen molar-refractivity contribution in [1.82, 2.24) is 90.0 Å². The van der Waals surface area contributed by atoms with E-state index in [0.717, 1.165) is 11.8 Å². The van der Waals surface area contributed by atoms with Crippen LogP contribution in [-0.2, 0) is 94.3 Å². The molecule has 1 fully saturated rings. The van der Waals surface area contributed by atoms with Crippen molar-refractivity contribution in [2.75, 3.05) is 58.2 Å². The average Bonchev–Trinajstić information content (AvgIpc) is 1.63. The summed E-state index contributed by atoms with van der Waals surface area (Å²) in [6, 6.07) is -15.1. The van der Waals surface area contributed by atoms with Crippen molar-refractivity contribution < 1.29 is 112 Å². The van der Waals surface area contributed by atoms with Gasteiger partial charge < -0.3 is 166 Å². The van der Waals surface area contributed by atoms with Crippen LogP contribution < -0.4 is 131 Å². The summed E-state index contributed by atoms with van der Waals surface area (Å²) in [5, 5.41) is 117. The minimum Gasteiger partial charge on any atom is -0.508 e. The topological polar surface area (TPSA) is 863 Å². The number of aliphatic carboxylic acids is 1. The third-order valence-electron chi connectivity index (χ3n) is 21.7. The Morgan fingerprint density at radius 1 is 0.474 bits per heavy atom. The molecule has 1 saturated heterocycles. The molecule has 0 aromatic heterocycles. The van der Waals surface area contributed by atoms with Gasteiger partial charge in [0.05, 0.1) is 31.3 Å². The summed E-state index contributed by atoms with van der Waals surface area (Å²) in [5.74, 6) is -21.2. The lowest BCUT2D eigenvalue weighted by Crippen LogP contribution is -2.64. The number of nitrogens with zero attached hydrogens (tertiary/aromatic N) is 1. The first-order valence-electron chi connectivity index (χ1n) is 44.1. The first-order valence-corrected chi connectivity index (χ1v) is 45.2. The second kappa shape index (κ2) is 59.0. The summed E-state index contributed by atoms with van der Waals surface area (Å²) < 4.78 is -1.49. The van der Waals surface area contributed by atoms with Crippen LogP contribution >= 0.6 is 25.3 Å². The van der Waals surface area contributed by atoms with Gasteiger partial charge in [-0.2, -0.15) is 25.3 Å². The monoisotopic (exact) mass is 1950 g/mol. The van der Waals surface area contributed by atoms with E-state index in [2.05, 4.69) is 110 Å².